The molecule has 0 aromatic heterocycles. The van der Waals surface area contributed by atoms with Crippen LogP contribution in [0.3, 0.4) is 0 Å². The van der Waals surface area contributed by atoms with Gasteiger partial charge in [-0.2, -0.15) is 0 Å². The monoisotopic (exact) mass is 604 g/mol. The molecule has 12 nitrogen and oxygen atoms in total. The van der Waals surface area contributed by atoms with Crippen LogP contribution in [0.25, 0.3) is 0 Å². The number of aromatic hydroxyl groups is 8. The van der Waals surface area contributed by atoms with Gasteiger partial charge in [0, 0.05) is 35.8 Å². The van der Waals surface area contributed by atoms with Gasteiger partial charge in [0.2, 0.25) is 11.5 Å². The number of aliphatic hydroxyl groups is 2. The van der Waals surface area contributed by atoms with Crippen LogP contribution in [0.2, 0.25) is 0 Å². The maximum Gasteiger partial charge on any atom is 0.200 e. The molecule has 2 aliphatic carbocycles. The van der Waals surface area contributed by atoms with Gasteiger partial charge in [-0.15, -0.1) is 0 Å². The molecule has 4 aromatic rings. The fourth-order valence-electron chi connectivity index (χ4n) is 7.05. The van der Waals surface area contributed by atoms with E-state index in [0.717, 1.165) is 0 Å². The molecule has 0 spiro atoms. The zero-order valence-electron chi connectivity index (χ0n) is 22.9. The first kappa shape index (κ1) is 27.6. The highest BCUT2D eigenvalue weighted by Gasteiger charge is 2.52. The van der Waals surface area contributed by atoms with Crippen molar-refractivity contribution in [2.75, 3.05) is 13.2 Å². The second kappa shape index (κ2) is 9.15. The van der Waals surface area contributed by atoms with Gasteiger partial charge in [0.25, 0.3) is 0 Å². The normalized spacial score (nSPS) is 25.0. The van der Waals surface area contributed by atoms with E-state index < -0.39 is 23.0 Å². The van der Waals surface area contributed by atoms with E-state index in [0.29, 0.717) is 33.4 Å². The molecule has 44 heavy (non-hydrogen) atoms. The average molecular weight is 605 g/mol. The Kier molecular flexibility index (Phi) is 5.74. The van der Waals surface area contributed by atoms with Crippen molar-refractivity contribution < 1.29 is 60.5 Å². The Morgan fingerprint density at radius 2 is 0.841 bits per heavy atom. The van der Waals surface area contributed by atoms with Crippen molar-refractivity contribution in [2.24, 2.45) is 0 Å². The third-order valence-corrected chi connectivity index (χ3v) is 9.00. The third-order valence-electron chi connectivity index (χ3n) is 9.00. The van der Waals surface area contributed by atoms with Gasteiger partial charge in [0.1, 0.15) is 24.4 Å². The highest BCUT2D eigenvalue weighted by molar-refractivity contribution is 5.64. The summed E-state index contributed by atoms with van der Waals surface area (Å²) in [6, 6.07) is 11.5. The summed E-state index contributed by atoms with van der Waals surface area (Å²) in [4.78, 5) is 0. The minimum atomic E-state index is -1.22. The van der Waals surface area contributed by atoms with Gasteiger partial charge in [-0.25, -0.2) is 0 Å². The van der Waals surface area contributed by atoms with Crippen molar-refractivity contribution in [1.29, 1.82) is 0 Å². The summed E-state index contributed by atoms with van der Waals surface area (Å²) in [5.74, 6) is -3.08. The van der Waals surface area contributed by atoms with Crippen LogP contribution >= 0.6 is 0 Å². The quantitative estimate of drug-likeness (QED) is 0.131. The molecule has 0 amide bonds. The Hall–Kier alpha value is -5.20. The fourth-order valence-corrected chi connectivity index (χ4v) is 7.05. The molecular formula is C32H28O12. The van der Waals surface area contributed by atoms with E-state index in [9.17, 15) is 51.1 Å². The SMILES string of the molecule is Oc1cc2c(cc1O)[C@H]1c3ccc(O)c(O)c3OC[C@@]1(O)C2.Oc1cc2c(cc1O)[C@H]1c3ccc(O)c(O)c3OC[C@@]1(O)C2. The minimum Gasteiger partial charge on any atom is -0.504 e. The number of phenols is 8. The van der Waals surface area contributed by atoms with Crippen LogP contribution in [0.15, 0.2) is 48.5 Å². The zero-order chi connectivity index (χ0) is 31.3. The molecule has 12 heteroatoms. The van der Waals surface area contributed by atoms with Crippen molar-refractivity contribution in [3.63, 3.8) is 0 Å². The molecule has 0 fully saturated rings. The lowest BCUT2D eigenvalue weighted by Gasteiger charge is -2.36. The lowest BCUT2D eigenvalue weighted by Crippen LogP contribution is -2.43. The molecule has 2 heterocycles. The Morgan fingerprint density at radius 1 is 0.477 bits per heavy atom. The number of rotatable bonds is 0. The van der Waals surface area contributed by atoms with Gasteiger partial charge in [-0.3, -0.25) is 0 Å². The van der Waals surface area contributed by atoms with Crippen LogP contribution in [0.5, 0.6) is 57.5 Å². The van der Waals surface area contributed by atoms with E-state index in [-0.39, 0.29) is 83.6 Å². The van der Waals surface area contributed by atoms with Gasteiger partial charge in [-0.05, 0) is 58.7 Å². The second-order valence-corrected chi connectivity index (χ2v) is 11.8. The van der Waals surface area contributed by atoms with Crippen molar-refractivity contribution in [2.45, 2.75) is 35.9 Å². The summed E-state index contributed by atoms with van der Waals surface area (Å²) in [5, 5.41) is 99.6. The van der Waals surface area contributed by atoms with Crippen molar-refractivity contribution >= 4 is 0 Å². The van der Waals surface area contributed by atoms with Gasteiger partial charge in [0.05, 0.1) is 0 Å². The smallest absolute Gasteiger partial charge is 0.200 e. The van der Waals surface area contributed by atoms with Crippen LogP contribution in [0.4, 0.5) is 0 Å². The molecule has 0 saturated carbocycles. The Morgan fingerprint density at radius 3 is 1.23 bits per heavy atom. The van der Waals surface area contributed by atoms with Gasteiger partial charge in [-0.1, -0.05) is 12.1 Å². The van der Waals surface area contributed by atoms with Crippen molar-refractivity contribution in [3.05, 3.63) is 81.9 Å². The number of ether oxygens (including phenoxy) is 2. The van der Waals surface area contributed by atoms with Crippen LogP contribution in [-0.4, -0.2) is 75.5 Å². The van der Waals surface area contributed by atoms with Crippen molar-refractivity contribution in [3.8, 4) is 57.5 Å². The first-order chi connectivity index (χ1) is 20.8. The summed E-state index contributed by atoms with van der Waals surface area (Å²) in [7, 11) is 0. The highest BCUT2D eigenvalue weighted by Crippen LogP contribution is 2.57. The summed E-state index contributed by atoms with van der Waals surface area (Å²) in [6.07, 6.45) is 0.532. The first-order valence-electron chi connectivity index (χ1n) is 13.7. The first-order valence-corrected chi connectivity index (χ1v) is 13.7. The second-order valence-electron chi connectivity index (χ2n) is 11.8. The third kappa shape index (κ3) is 3.84. The molecule has 0 bridgehead atoms. The molecule has 8 rings (SSSR count). The predicted octanol–water partition coefficient (Wildman–Crippen LogP) is 2.64. The van der Waals surface area contributed by atoms with E-state index >= 15 is 0 Å². The summed E-state index contributed by atoms with van der Waals surface area (Å²) in [5.41, 5.74) is 1.40. The maximum absolute atomic E-state index is 10.9. The minimum absolute atomic E-state index is 0.0577. The highest BCUT2D eigenvalue weighted by atomic mass is 16.5. The molecule has 0 radical (unpaired) electrons. The largest absolute Gasteiger partial charge is 0.504 e. The Bertz CT molecular complexity index is 1730. The van der Waals surface area contributed by atoms with Gasteiger partial charge < -0.3 is 60.5 Å². The van der Waals surface area contributed by atoms with E-state index in [4.69, 9.17) is 9.47 Å². The molecule has 4 atom stereocenters. The molecule has 228 valence electrons. The molecule has 4 aliphatic rings. The standard InChI is InChI=1S/2C16H14O6/c2*17-10-2-1-8-13-9-4-12(19)11(18)3-7(9)5-16(13,21)6-22-15(8)14(10)20/h2*1-4,13,17-21H,5-6H2/t2*13-,16+/m11/s1. The van der Waals surface area contributed by atoms with Gasteiger partial charge >= 0.3 is 0 Å². The lowest BCUT2D eigenvalue weighted by atomic mass is 9.80. The average Bonchev–Trinajstić information content (AvgIpc) is 3.43. The van der Waals surface area contributed by atoms with Crippen LogP contribution in [0, 0.1) is 0 Å². The molecule has 0 saturated heterocycles. The maximum atomic E-state index is 10.9. The number of fused-ring (bicyclic) bond motifs is 10. The fraction of sp³-hybridized carbons (Fsp3) is 0.250. The number of benzene rings is 4. The topological polar surface area (TPSA) is 221 Å². The van der Waals surface area contributed by atoms with E-state index in [1.807, 2.05) is 0 Å². The number of hydrogen-bond acceptors (Lipinski definition) is 12. The predicted molar refractivity (Wildman–Crippen MR) is 151 cm³/mol. The van der Waals surface area contributed by atoms with Crippen molar-refractivity contribution in [1.82, 2.24) is 0 Å². The van der Waals surface area contributed by atoms with Crippen LogP contribution < -0.4 is 9.47 Å². The lowest BCUT2D eigenvalue weighted by molar-refractivity contribution is -0.0230. The summed E-state index contributed by atoms with van der Waals surface area (Å²) >= 11 is 0. The molecule has 10 N–H and O–H groups in total. The summed E-state index contributed by atoms with van der Waals surface area (Å²) < 4.78 is 10.9. The molecule has 0 unspecified atom stereocenters. The Labute approximate surface area is 249 Å². The molecule has 4 aromatic carbocycles. The zero-order valence-corrected chi connectivity index (χ0v) is 22.9. The van der Waals surface area contributed by atoms with Crippen LogP contribution in [-0.2, 0) is 12.8 Å². The van der Waals surface area contributed by atoms with E-state index in [1.165, 1.54) is 36.4 Å². The summed E-state index contributed by atoms with van der Waals surface area (Å²) in [6.45, 7) is -0.115. The Balaban J connectivity index is 0.000000142. The number of hydrogen-bond donors (Lipinski definition) is 10. The molecular weight excluding hydrogens is 576 g/mol. The van der Waals surface area contributed by atoms with Gasteiger partial charge in [0.15, 0.2) is 46.0 Å². The van der Waals surface area contributed by atoms with E-state index in [2.05, 4.69) is 0 Å². The van der Waals surface area contributed by atoms with Crippen LogP contribution in [0.1, 0.15) is 45.2 Å². The molecule has 2 aliphatic heterocycles. The number of phenolic OH excluding ortho intramolecular Hbond substituents is 8. The van der Waals surface area contributed by atoms with E-state index in [1.54, 1.807) is 12.1 Å².